The fraction of sp³-hybridized carbons (Fsp3) is 0.923. The molecule has 1 amide bonds. The number of carbonyl (C=O) groups is 1. The molecule has 0 unspecified atom stereocenters. The Morgan fingerprint density at radius 1 is 1.35 bits per heavy atom. The standard InChI is InChI=1S/C13H25ClN2O/c1-2-3-9-16-10-6-12(7-11-16)15-13(17)5-4-8-14/h12H,2-11H2,1H3,(H,15,17). The molecular formula is C13H25ClN2O. The average molecular weight is 261 g/mol. The molecule has 0 bridgehead atoms. The van der Waals surface area contributed by atoms with Crippen LogP contribution in [0.15, 0.2) is 0 Å². The molecule has 3 nitrogen and oxygen atoms in total. The minimum absolute atomic E-state index is 0.164. The molecule has 100 valence electrons. The minimum Gasteiger partial charge on any atom is -0.353 e. The number of nitrogens with one attached hydrogen (secondary N) is 1. The number of halogens is 1. The van der Waals surface area contributed by atoms with Crippen LogP contribution in [0.5, 0.6) is 0 Å². The summed E-state index contributed by atoms with van der Waals surface area (Å²) in [5, 5.41) is 3.11. The van der Waals surface area contributed by atoms with Crippen LogP contribution in [0, 0.1) is 0 Å². The summed E-state index contributed by atoms with van der Waals surface area (Å²) in [5.74, 6) is 0.737. The predicted octanol–water partition coefficient (Wildman–Crippen LogP) is 2.39. The van der Waals surface area contributed by atoms with Gasteiger partial charge in [0.05, 0.1) is 0 Å². The molecule has 1 saturated heterocycles. The van der Waals surface area contributed by atoms with Crippen molar-refractivity contribution in [1.29, 1.82) is 0 Å². The first-order chi connectivity index (χ1) is 8.26. The zero-order chi connectivity index (χ0) is 12.5. The lowest BCUT2D eigenvalue weighted by atomic mass is 10.0. The maximum atomic E-state index is 11.5. The van der Waals surface area contributed by atoms with E-state index in [1.807, 2.05) is 0 Å². The Morgan fingerprint density at radius 3 is 2.65 bits per heavy atom. The lowest BCUT2D eigenvalue weighted by Gasteiger charge is -2.32. The molecular weight excluding hydrogens is 236 g/mol. The summed E-state index contributed by atoms with van der Waals surface area (Å²) in [4.78, 5) is 14.0. The molecule has 0 atom stereocenters. The maximum Gasteiger partial charge on any atom is 0.220 e. The van der Waals surface area contributed by atoms with Gasteiger partial charge in [-0.05, 0) is 32.2 Å². The second kappa shape index (κ2) is 8.76. The first-order valence-electron chi connectivity index (χ1n) is 6.84. The Bertz CT molecular complexity index is 215. The van der Waals surface area contributed by atoms with Crippen molar-refractivity contribution in [3.8, 4) is 0 Å². The summed E-state index contributed by atoms with van der Waals surface area (Å²) < 4.78 is 0. The van der Waals surface area contributed by atoms with Crippen molar-refractivity contribution in [3.63, 3.8) is 0 Å². The molecule has 1 fully saturated rings. The largest absolute Gasteiger partial charge is 0.353 e. The van der Waals surface area contributed by atoms with Crippen molar-refractivity contribution in [3.05, 3.63) is 0 Å². The third-order valence-electron chi connectivity index (χ3n) is 3.32. The van der Waals surface area contributed by atoms with Crippen molar-refractivity contribution in [2.45, 2.75) is 51.5 Å². The topological polar surface area (TPSA) is 32.3 Å². The molecule has 0 spiro atoms. The summed E-state index contributed by atoms with van der Waals surface area (Å²) >= 11 is 5.57. The Labute approximate surface area is 110 Å². The molecule has 0 radical (unpaired) electrons. The van der Waals surface area contributed by atoms with Crippen LogP contribution < -0.4 is 5.32 Å². The Hall–Kier alpha value is -0.280. The second-order valence-electron chi connectivity index (χ2n) is 4.83. The van der Waals surface area contributed by atoms with Gasteiger partial charge in [-0.2, -0.15) is 0 Å². The molecule has 0 aromatic rings. The first-order valence-corrected chi connectivity index (χ1v) is 7.37. The van der Waals surface area contributed by atoms with Gasteiger partial charge in [0.15, 0.2) is 0 Å². The number of piperidine rings is 1. The third kappa shape index (κ3) is 6.27. The minimum atomic E-state index is 0.164. The van der Waals surface area contributed by atoms with Crippen LogP contribution in [0.3, 0.4) is 0 Å². The molecule has 1 heterocycles. The van der Waals surface area contributed by atoms with Gasteiger partial charge < -0.3 is 10.2 Å². The van der Waals surface area contributed by atoms with Gasteiger partial charge >= 0.3 is 0 Å². The van der Waals surface area contributed by atoms with Gasteiger partial charge in [0, 0.05) is 31.4 Å². The summed E-state index contributed by atoms with van der Waals surface area (Å²) in [6, 6.07) is 0.385. The van der Waals surface area contributed by atoms with Gasteiger partial charge in [0.2, 0.25) is 5.91 Å². The highest BCUT2D eigenvalue weighted by Gasteiger charge is 2.19. The Balaban J connectivity index is 2.12. The SMILES string of the molecule is CCCCN1CCC(NC(=O)CCCCl)CC1. The van der Waals surface area contributed by atoms with E-state index < -0.39 is 0 Å². The molecule has 0 aliphatic carbocycles. The Morgan fingerprint density at radius 2 is 2.06 bits per heavy atom. The first kappa shape index (κ1) is 14.8. The van der Waals surface area contributed by atoms with Crippen LogP contribution in [0.1, 0.15) is 45.4 Å². The molecule has 0 aromatic heterocycles. The number of hydrogen-bond donors (Lipinski definition) is 1. The number of nitrogens with zero attached hydrogens (tertiary/aromatic N) is 1. The van der Waals surface area contributed by atoms with Gasteiger partial charge in [0.25, 0.3) is 0 Å². The van der Waals surface area contributed by atoms with E-state index in [9.17, 15) is 4.79 Å². The zero-order valence-corrected chi connectivity index (χ0v) is 11.6. The average Bonchev–Trinajstić information content (AvgIpc) is 2.35. The van der Waals surface area contributed by atoms with E-state index in [4.69, 9.17) is 11.6 Å². The molecule has 17 heavy (non-hydrogen) atoms. The predicted molar refractivity (Wildman–Crippen MR) is 72.5 cm³/mol. The molecule has 1 rings (SSSR count). The van der Waals surface area contributed by atoms with E-state index in [0.29, 0.717) is 18.3 Å². The Kier molecular flexibility index (Phi) is 7.62. The van der Waals surface area contributed by atoms with E-state index in [2.05, 4.69) is 17.1 Å². The van der Waals surface area contributed by atoms with Crippen molar-refractivity contribution in [2.75, 3.05) is 25.5 Å². The number of carbonyl (C=O) groups excluding carboxylic acids is 1. The summed E-state index contributed by atoms with van der Waals surface area (Å²) in [6.07, 6.45) is 6.08. The van der Waals surface area contributed by atoms with Crippen LogP contribution in [0.25, 0.3) is 0 Å². The van der Waals surface area contributed by atoms with E-state index in [-0.39, 0.29) is 5.91 Å². The number of rotatable bonds is 7. The van der Waals surface area contributed by atoms with Crippen molar-refractivity contribution in [2.24, 2.45) is 0 Å². The monoisotopic (exact) mass is 260 g/mol. The number of amides is 1. The summed E-state index contributed by atoms with van der Waals surface area (Å²) in [6.45, 7) is 5.69. The smallest absolute Gasteiger partial charge is 0.220 e. The van der Waals surface area contributed by atoms with E-state index in [1.54, 1.807) is 0 Å². The highest BCUT2D eigenvalue weighted by Crippen LogP contribution is 2.11. The molecule has 1 aliphatic heterocycles. The van der Waals surface area contributed by atoms with Crippen molar-refractivity contribution < 1.29 is 4.79 Å². The van der Waals surface area contributed by atoms with Gasteiger partial charge in [-0.25, -0.2) is 0 Å². The summed E-state index contributed by atoms with van der Waals surface area (Å²) in [7, 11) is 0. The van der Waals surface area contributed by atoms with Crippen molar-refractivity contribution >= 4 is 17.5 Å². The maximum absolute atomic E-state index is 11.5. The van der Waals surface area contributed by atoms with Gasteiger partial charge in [0.1, 0.15) is 0 Å². The highest BCUT2D eigenvalue weighted by molar-refractivity contribution is 6.17. The van der Waals surface area contributed by atoms with E-state index >= 15 is 0 Å². The molecule has 0 saturated carbocycles. The van der Waals surface area contributed by atoms with E-state index in [0.717, 1.165) is 32.4 Å². The normalized spacial score (nSPS) is 18.2. The number of likely N-dealkylation sites (tertiary alicyclic amines) is 1. The molecule has 0 aromatic carbocycles. The van der Waals surface area contributed by atoms with Crippen molar-refractivity contribution in [1.82, 2.24) is 10.2 Å². The fourth-order valence-corrected chi connectivity index (χ4v) is 2.34. The molecule has 4 heteroatoms. The fourth-order valence-electron chi connectivity index (χ4n) is 2.21. The number of unbranched alkanes of at least 4 members (excludes halogenated alkanes) is 1. The lowest BCUT2D eigenvalue weighted by molar-refractivity contribution is -0.122. The third-order valence-corrected chi connectivity index (χ3v) is 3.59. The highest BCUT2D eigenvalue weighted by atomic mass is 35.5. The van der Waals surface area contributed by atoms with Crippen LogP contribution in [-0.4, -0.2) is 42.4 Å². The number of alkyl halides is 1. The van der Waals surface area contributed by atoms with E-state index in [1.165, 1.54) is 19.4 Å². The van der Waals surface area contributed by atoms with Crippen LogP contribution in [0.2, 0.25) is 0 Å². The van der Waals surface area contributed by atoms with Gasteiger partial charge in [-0.15, -0.1) is 11.6 Å². The second-order valence-corrected chi connectivity index (χ2v) is 5.21. The molecule has 1 N–H and O–H groups in total. The van der Waals surface area contributed by atoms with Crippen LogP contribution in [-0.2, 0) is 4.79 Å². The van der Waals surface area contributed by atoms with Gasteiger partial charge in [-0.3, -0.25) is 4.79 Å². The van der Waals surface area contributed by atoms with Crippen LogP contribution in [0.4, 0.5) is 0 Å². The summed E-state index contributed by atoms with van der Waals surface area (Å²) in [5.41, 5.74) is 0. The lowest BCUT2D eigenvalue weighted by Crippen LogP contribution is -2.44. The zero-order valence-electron chi connectivity index (χ0n) is 10.9. The number of hydrogen-bond acceptors (Lipinski definition) is 2. The quantitative estimate of drug-likeness (QED) is 0.713. The van der Waals surface area contributed by atoms with Gasteiger partial charge in [-0.1, -0.05) is 13.3 Å². The van der Waals surface area contributed by atoms with Crippen LogP contribution >= 0.6 is 11.6 Å². The molecule has 1 aliphatic rings.